The number of nitrogens with zero attached hydrogens (tertiary/aromatic N) is 2. The van der Waals surface area contributed by atoms with Crippen LogP contribution >= 0.6 is 0 Å². The Morgan fingerprint density at radius 2 is 2.31 bits per heavy atom. The van der Waals surface area contributed by atoms with Crippen molar-refractivity contribution in [3.63, 3.8) is 0 Å². The van der Waals surface area contributed by atoms with Gasteiger partial charge in [-0.25, -0.2) is 4.99 Å². The number of ether oxygens (including phenoxy) is 1. The van der Waals surface area contributed by atoms with Crippen molar-refractivity contribution in [2.75, 3.05) is 26.8 Å². The van der Waals surface area contributed by atoms with Gasteiger partial charge in [0.25, 0.3) is 0 Å². The Bertz CT molecular complexity index is 178. The molecule has 1 aliphatic rings. The van der Waals surface area contributed by atoms with Gasteiger partial charge in [0.2, 0.25) is 0 Å². The standard InChI is InChI=1S/C9H19N3O/c1-3-12(6-7-13-2)9(10)11-8-4-5-8/h8H,3-7H2,1-2H3,(H2,10,11). The van der Waals surface area contributed by atoms with Gasteiger partial charge in [0.05, 0.1) is 12.6 Å². The molecule has 1 aliphatic carbocycles. The van der Waals surface area contributed by atoms with Crippen molar-refractivity contribution in [3.05, 3.63) is 0 Å². The average Bonchev–Trinajstić information content (AvgIpc) is 2.90. The molecule has 13 heavy (non-hydrogen) atoms. The molecule has 0 aromatic carbocycles. The van der Waals surface area contributed by atoms with Gasteiger partial charge in [0.15, 0.2) is 5.96 Å². The maximum Gasteiger partial charge on any atom is 0.191 e. The van der Waals surface area contributed by atoms with E-state index in [9.17, 15) is 0 Å². The molecule has 0 heterocycles. The SMILES string of the molecule is CCN(CCOC)C(N)=NC1CC1. The second kappa shape index (κ2) is 5.07. The first-order valence-corrected chi connectivity index (χ1v) is 4.85. The van der Waals surface area contributed by atoms with Crippen LogP contribution in [0, 0.1) is 0 Å². The molecule has 0 unspecified atom stereocenters. The number of guanidine groups is 1. The second-order valence-electron chi connectivity index (χ2n) is 3.29. The third-order valence-electron chi connectivity index (χ3n) is 2.13. The number of methoxy groups -OCH3 is 1. The van der Waals surface area contributed by atoms with Gasteiger partial charge in [0, 0.05) is 20.2 Å². The molecule has 76 valence electrons. The summed E-state index contributed by atoms with van der Waals surface area (Å²) in [6, 6.07) is 0.497. The number of hydrogen-bond donors (Lipinski definition) is 1. The van der Waals surface area contributed by atoms with Gasteiger partial charge in [-0.15, -0.1) is 0 Å². The summed E-state index contributed by atoms with van der Waals surface area (Å²) >= 11 is 0. The smallest absolute Gasteiger partial charge is 0.191 e. The summed E-state index contributed by atoms with van der Waals surface area (Å²) in [5.41, 5.74) is 5.83. The lowest BCUT2D eigenvalue weighted by Crippen LogP contribution is -2.39. The van der Waals surface area contributed by atoms with Crippen molar-refractivity contribution in [3.8, 4) is 0 Å². The first kappa shape index (κ1) is 10.3. The number of likely N-dealkylation sites (N-methyl/N-ethyl adjacent to an activating group) is 1. The van der Waals surface area contributed by atoms with E-state index in [1.165, 1.54) is 12.8 Å². The monoisotopic (exact) mass is 185 g/mol. The Morgan fingerprint density at radius 3 is 2.77 bits per heavy atom. The molecule has 0 spiro atoms. The van der Waals surface area contributed by atoms with Crippen LogP contribution in [0.1, 0.15) is 19.8 Å². The zero-order valence-corrected chi connectivity index (χ0v) is 8.49. The predicted octanol–water partition coefficient (Wildman–Crippen LogP) is 0.432. The molecule has 1 rings (SSSR count). The van der Waals surface area contributed by atoms with Crippen LogP contribution in [-0.4, -0.2) is 43.7 Å². The Balaban J connectivity index is 2.34. The molecule has 0 aromatic heterocycles. The fraction of sp³-hybridized carbons (Fsp3) is 0.889. The largest absolute Gasteiger partial charge is 0.383 e. The highest BCUT2D eigenvalue weighted by molar-refractivity contribution is 5.78. The Kier molecular flexibility index (Phi) is 4.02. The van der Waals surface area contributed by atoms with E-state index < -0.39 is 0 Å². The fourth-order valence-corrected chi connectivity index (χ4v) is 1.11. The molecule has 0 amide bonds. The molecular formula is C9H19N3O. The van der Waals surface area contributed by atoms with Crippen molar-refractivity contribution in [1.29, 1.82) is 0 Å². The Morgan fingerprint density at radius 1 is 1.62 bits per heavy atom. The summed E-state index contributed by atoms with van der Waals surface area (Å²) in [7, 11) is 1.70. The molecular weight excluding hydrogens is 166 g/mol. The zero-order chi connectivity index (χ0) is 9.68. The molecule has 0 aliphatic heterocycles. The van der Waals surface area contributed by atoms with Crippen LogP contribution in [0.5, 0.6) is 0 Å². The van der Waals surface area contributed by atoms with E-state index in [0.29, 0.717) is 18.6 Å². The maximum absolute atomic E-state index is 5.83. The molecule has 1 saturated carbocycles. The highest BCUT2D eigenvalue weighted by Gasteiger charge is 2.21. The number of rotatable bonds is 5. The van der Waals surface area contributed by atoms with Crippen molar-refractivity contribution < 1.29 is 4.74 Å². The third-order valence-corrected chi connectivity index (χ3v) is 2.13. The van der Waals surface area contributed by atoms with Crippen LogP contribution in [-0.2, 0) is 4.74 Å². The summed E-state index contributed by atoms with van der Waals surface area (Å²) in [6.07, 6.45) is 2.39. The highest BCUT2D eigenvalue weighted by Crippen LogP contribution is 2.23. The summed E-state index contributed by atoms with van der Waals surface area (Å²) < 4.78 is 4.99. The normalized spacial score (nSPS) is 17.5. The van der Waals surface area contributed by atoms with E-state index in [0.717, 1.165) is 13.1 Å². The topological polar surface area (TPSA) is 50.9 Å². The van der Waals surface area contributed by atoms with E-state index in [4.69, 9.17) is 10.5 Å². The lowest BCUT2D eigenvalue weighted by atomic mass is 10.5. The first-order valence-electron chi connectivity index (χ1n) is 4.85. The summed E-state index contributed by atoms with van der Waals surface area (Å²) in [6.45, 7) is 4.50. The van der Waals surface area contributed by atoms with E-state index >= 15 is 0 Å². The highest BCUT2D eigenvalue weighted by atomic mass is 16.5. The van der Waals surface area contributed by atoms with Gasteiger partial charge >= 0.3 is 0 Å². The van der Waals surface area contributed by atoms with Crippen molar-refractivity contribution in [2.45, 2.75) is 25.8 Å². The van der Waals surface area contributed by atoms with E-state index in [1.54, 1.807) is 7.11 Å². The van der Waals surface area contributed by atoms with E-state index in [2.05, 4.69) is 11.9 Å². The van der Waals surface area contributed by atoms with E-state index in [-0.39, 0.29) is 0 Å². The number of aliphatic imine (C=N–C) groups is 1. The van der Waals surface area contributed by atoms with Crippen molar-refractivity contribution in [2.24, 2.45) is 10.7 Å². The lowest BCUT2D eigenvalue weighted by Gasteiger charge is -2.21. The van der Waals surface area contributed by atoms with Crippen molar-refractivity contribution >= 4 is 5.96 Å². The molecule has 0 aromatic rings. The minimum absolute atomic E-state index is 0.497. The molecule has 0 bridgehead atoms. The predicted molar refractivity (Wildman–Crippen MR) is 53.8 cm³/mol. The van der Waals surface area contributed by atoms with Gasteiger partial charge in [-0.1, -0.05) is 0 Å². The number of nitrogens with two attached hydrogens (primary N) is 1. The fourth-order valence-electron chi connectivity index (χ4n) is 1.11. The second-order valence-corrected chi connectivity index (χ2v) is 3.29. The van der Waals surface area contributed by atoms with Gasteiger partial charge < -0.3 is 15.4 Å². The zero-order valence-electron chi connectivity index (χ0n) is 8.49. The van der Waals surface area contributed by atoms with Gasteiger partial charge in [-0.2, -0.15) is 0 Å². The van der Waals surface area contributed by atoms with Gasteiger partial charge in [-0.3, -0.25) is 0 Å². The lowest BCUT2D eigenvalue weighted by molar-refractivity contribution is 0.177. The first-order chi connectivity index (χ1) is 6.27. The van der Waals surface area contributed by atoms with Crippen LogP contribution in [0.15, 0.2) is 4.99 Å². The third kappa shape index (κ3) is 3.63. The Hall–Kier alpha value is -0.770. The van der Waals surface area contributed by atoms with Gasteiger partial charge in [0.1, 0.15) is 0 Å². The average molecular weight is 185 g/mol. The molecule has 0 radical (unpaired) electrons. The molecule has 4 nitrogen and oxygen atoms in total. The summed E-state index contributed by atoms with van der Waals surface area (Å²) in [5.74, 6) is 0.669. The quantitative estimate of drug-likeness (QED) is 0.499. The molecule has 4 heteroatoms. The van der Waals surface area contributed by atoms with Crippen LogP contribution in [0.3, 0.4) is 0 Å². The molecule has 2 N–H and O–H groups in total. The van der Waals surface area contributed by atoms with Crippen LogP contribution in [0.2, 0.25) is 0 Å². The summed E-state index contributed by atoms with van der Waals surface area (Å²) in [4.78, 5) is 6.42. The van der Waals surface area contributed by atoms with Crippen LogP contribution in [0.4, 0.5) is 0 Å². The molecule has 1 fully saturated rings. The molecule has 0 saturated heterocycles. The minimum Gasteiger partial charge on any atom is -0.383 e. The maximum atomic E-state index is 5.83. The number of hydrogen-bond acceptors (Lipinski definition) is 2. The van der Waals surface area contributed by atoms with Gasteiger partial charge in [-0.05, 0) is 19.8 Å². The van der Waals surface area contributed by atoms with Crippen LogP contribution < -0.4 is 5.73 Å². The molecule has 0 atom stereocenters. The van der Waals surface area contributed by atoms with E-state index in [1.807, 2.05) is 4.90 Å². The Labute approximate surface area is 79.8 Å². The minimum atomic E-state index is 0.497. The summed E-state index contributed by atoms with van der Waals surface area (Å²) in [5, 5.41) is 0. The van der Waals surface area contributed by atoms with Crippen LogP contribution in [0.25, 0.3) is 0 Å². The van der Waals surface area contributed by atoms with Crippen molar-refractivity contribution in [1.82, 2.24) is 4.90 Å².